The zero-order valence-electron chi connectivity index (χ0n) is 18.5. The van der Waals surface area contributed by atoms with Gasteiger partial charge in [-0.3, -0.25) is 4.79 Å². The van der Waals surface area contributed by atoms with Crippen LogP contribution in [0.2, 0.25) is 5.02 Å². The molecule has 0 spiro atoms. The van der Waals surface area contributed by atoms with Crippen LogP contribution in [0.1, 0.15) is 37.8 Å². The molecule has 1 N–H and O–H groups in total. The third-order valence-electron chi connectivity index (χ3n) is 5.77. The molecule has 2 aromatic carbocycles. The molecule has 0 aliphatic carbocycles. The summed E-state index contributed by atoms with van der Waals surface area (Å²) >= 11 is 9.58. The van der Waals surface area contributed by atoms with Crippen molar-refractivity contribution in [2.24, 2.45) is 5.92 Å². The fourth-order valence-electron chi connectivity index (χ4n) is 4.03. The van der Waals surface area contributed by atoms with E-state index in [1.807, 2.05) is 26.0 Å². The van der Waals surface area contributed by atoms with Crippen molar-refractivity contribution in [3.8, 4) is 5.75 Å². The first-order valence-electron chi connectivity index (χ1n) is 10.7. The van der Waals surface area contributed by atoms with Gasteiger partial charge in [-0.05, 0) is 67.1 Å². The highest BCUT2D eigenvalue weighted by molar-refractivity contribution is 9.10. The number of piperidine rings is 1. The van der Waals surface area contributed by atoms with E-state index in [2.05, 4.69) is 21.2 Å². The quantitative estimate of drug-likeness (QED) is 0.516. The van der Waals surface area contributed by atoms with Crippen LogP contribution in [-0.4, -0.2) is 38.8 Å². The van der Waals surface area contributed by atoms with Crippen LogP contribution in [0.3, 0.4) is 0 Å². The Hall–Kier alpha value is -1.61. The lowest BCUT2D eigenvalue weighted by Gasteiger charge is -2.32. The summed E-state index contributed by atoms with van der Waals surface area (Å²) < 4.78 is 34.3. The van der Waals surface area contributed by atoms with Crippen molar-refractivity contribution in [3.63, 3.8) is 0 Å². The zero-order chi connectivity index (χ0) is 23.5. The van der Waals surface area contributed by atoms with Crippen molar-refractivity contribution in [2.45, 2.75) is 44.4 Å². The molecule has 174 valence electrons. The van der Waals surface area contributed by atoms with Crippen LogP contribution in [0.25, 0.3) is 0 Å². The molecule has 1 atom stereocenters. The van der Waals surface area contributed by atoms with Crippen molar-refractivity contribution in [3.05, 3.63) is 51.0 Å². The minimum Gasteiger partial charge on any atom is -0.495 e. The average Bonchev–Trinajstić information content (AvgIpc) is 2.79. The average molecular weight is 544 g/mol. The van der Waals surface area contributed by atoms with Crippen molar-refractivity contribution < 1.29 is 17.9 Å². The molecule has 9 heteroatoms. The van der Waals surface area contributed by atoms with E-state index in [1.165, 1.54) is 23.5 Å². The monoisotopic (exact) mass is 542 g/mol. The Morgan fingerprint density at radius 1 is 1.22 bits per heavy atom. The van der Waals surface area contributed by atoms with E-state index < -0.39 is 15.9 Å². The molecule has 3 rings (SSSR count). The van der Waals surface area contributed by atoms with Crippen molar-refractivity contribution in [2.75, 3.05) is 25.5 Å². The molecule has 32 heavy (non-hydrogen) atoms. The van der Waals surface area contributed by atoms with E-state index in [0.29, 0.717) is 24.4 Å². The number of anilines is 1. The van der Waals surface area contributed by atoms with Gasteiger partial charge in [0.05, 0.1) is 13.0 Å². The number of aryl methyl sites for hydroxylation is 2. The summed E-state index contributed by atoms with van der Waals surface area (Å²) in [5.41, 5.74) is 2.93. The van der Waals surface area contributed by atoms with E-state index >= 15 is 0 Å². The fraction of sp³-hybridized carbons (Fsp3) is 0.435. The van der Waals surface area contributed by atoms with E-state index in [0.717, 1.165) is 34.1 Å². The van der Waals surface area contributed by atoms with Gasteiger partial charge in [0, 0.05) is 28.3 Å². The SMILES string of the molecule is CCc1cc(Br)cc(CC)c1NC(=O)[C@@H]1CCCN(S(=O)(=O)c2cc(Cl)ccc2OC)C1. The molecule has 6 nitrogen and oxygen atoms in total. The number of carbonyl (C=O) groups excluding carboxylic acids is 1. The maximum atomic E-state index is 13.3. The molecule has 0 bridgehead atoms. The molecule has 1 amide bonds. The van der Waals surface area contributed by atoms with Crippen molar-refractivity contribution in [1.29, 1.82) is 0 Å². The van der Waals surface area contributed by atoms with E-state index in [9.17, 15) is 13.2 Å². The third kappa shape index (κ3) is 5.30. The Bertz CT molecular complexity index is 1080. The normalized spacial score (nSPS) is 17.2. The third-order valence-corrected chi connectivity index (χ3v) is 8.35. The molecule has 1 fully saturated rings. The summed E-state index contributed by atoms with van der Waals surface area (Å²) in [5, 5.41) is 3.40. The molecule has 0 unspecified atom stereocenters. The van der Waals surface area contributed by atoms with E-state index in [4.69, 9.17) is 16.3 Å². The predicted molar refractivity (Wildman–Crippen MR) is 131 cm³/mol. The molecule has 2 aromatic rings. The number of sulfonamides is 1. The fourth-order valence-corrected chi connectivity index (χ4v) is 6.53. The first-order chi connectivity index (χ1) is 15.2. The Morgan fingerprint density at radius 3 is 2.47 bits per heavy atom. The first kappa shape index (κ1) is 25.0. The van der Waals surface area contributed by atoms with Crippen LogP contribution in [0, 0.1) is 5.92 Å². The van der Waals surface area contributed by atoms with Gasteiger partial charge in [0.25, 0.3) is 0 Å². The summed E-state index contributed by atoms with van der Waals surface area (Å²) in [5.74, 6) is -0.368. The number of hydrogen-bond acceptors (Lipinski definition) is 4. The Balaban J connectivity index is 1.84. The maximum Gasteiger partial charge on any atom is 0.246 e. The summed E-state index contributed by atoms with van der Waals surface area (Å²) in [6.07, 6.45) is 2.79. The second-order valence-corrected chi connectivity index (χ2v) is 11.1. The summed E-state index contributed by atoms with van der Waals surface area (Å²) in [7, 11) is -2.44. The highest BCUT2D eigenvalue weighted by Gasteiger charge is 2.35. The standard InChI is InChI=1S/C23H28BrClN2O4S/c1-4-15-11-18(24)12-16(5-2)22(15)26-23(28)17-7-6-10-27(14-17)32(29,30)21-13-19(25)8-9-20(21)31-3/h8-9,11-13,17H,4-7,10,14H2,1-3H3,(H,26,28)/t17-/m1/s1. The van der Waals surface area contributed by atoms with Gasteiger partial charge in [-0.1, -0.05) is 41.4 Å². The molecule has 1 saturated heterocycles. The summed E-state index contributed by atoms with van der Waals surface area (Å²) in [4.78, 5) is 13.2. The number of ether oxygens (including phenoxy) is 1. The number of benzene rings is 2. The molecule has 0 radical (unpaired) electrons. The van der Waals surface area contributed by atoms with Gasteiger partial charge < -0.3 is 10.1 Å². The van der Waals surface area contributed by atoms with Gasteiger partial charge in [-0.25, -0.2) is 8.42 Å². The number of hydrogen-bond donors (Lipinski definition) is 1. The number of carbonyl (C=O) groups is 1. The number of halogens is 2. The minimum absolute atomic E-state index is 0.0167. The number of nitrogens with zero attached hydrogens (tertiary/aromatic N) is 1. The van der Waals surface area contributed by atoms with Crippen molar-refractivity contribution in [1.82, 2.24) is 4.31 Å². The van der Waals surface area contributed by atoms with Gasteiger partial charge in [-0.2, -0.15) is 4.31 Å². The lowest BCUT2D eigenvalue weighted by Crippen LogP contribution is -2.43. The van der Waals surface area contributed by atoms with Crippen LogP contribution in [0.4, 0.5) is 5.69 Å². The van der Waals surface area contributed by atoms with Crippen molar-refractivity contribution >= 4 is 49.1 Å². The lowest BCUT2D eigenvalue weighted by molar-refractivity contribution is -0.120. The molecule has 1 aliphatic rings. The summed E-state index contributed by atoms with van der Waals surface area (Å²) in [6, 6.07) is 8.54. The van der Waals surface area contributed by atoms with Crippen LogP contribution in [0.5, 0.6) is 5.75 Å². The van der Waals surface area contributed by atoms with Gasteiger partial charge in [0.1, 0.15) is 10.6 Å². The lowest BCUT2D eigenvalue weighted by atomic mass is 9.97. The first-order valence-corrected chi connectivity index (χ1v) is 13.3. The molecule has 1 heterocycles. The number of nitrogens with one attached hydrogen (secondary N) is 1. The predicted octanol–water partition coefficient (Wildman–Crippen LogP) is 5.28. The van der Waals surface area contributed by atoms with Crippen LogP contribution >= 0.6 is 27.5 Å². The van der Waals surface area contributed by atoms with Gasteiger partial charge >= 0.3 is 0 Å². The van der Waals surface area contributed by atoms with E-state index in [1.54, 1.807) is 6.07 Å². The van der Waals surface area contributed by atoms with Gasteiger partial charge in [0.15, 0.2) is 0 Å². The Morgan fingerprint density at radius 2 is 1.88 bits per heavy atom. The molecular formula is C23H28BrClN2O4S. The summed E-state index contributed by atoms with van der Waals surface area (Å²) in [6.45, 7) is 4.55. The van der Waals surface area contributed by atoms with Gasteiger partial charge in [0.2, 0.25) is 15.9 Å². The Labute approximate surface area is 203 Å². The topological polar surface area (TPSA) is 75.7 Å². The highest BCUT2D eigenvalue weighted by atomic mass is 79.9. The molecule has 0 aromatic heterocycles. The number of methoxy groups -OCH3 is 1. The van der Waals surface area contributed by atoms with Crippen LogP contribution in [-0.2, 0) is 27.7 Å². The van der Waals surface area contributed by atoms with Crippen LogP contribution in [0.15, 0.2) is 39.7 Å². The smallest absolute Gasteiger partial charge is 0.246 e. The van der Waals surface area contributed by atoms with Gasteiger partial charge in [-0.15, -0.1) is 0 Å². The number of amides is 1. The largest absolute Gasteiger partial charge is 0.495 e. The second-order valence-electron chi connectivity index (χ2n) is 7.79. The zero-order valence-corrected chi connectivity index (χ0v) is 21.6. The second kappa shape index (κ2) is 10.5. The molecule has 0 saturated carbocycles. The van der Waals surface area contributed by atoms with E-state index in [-0.39, 0.29) is 23.1 Å². The number of rotatable bonds is 7. The van der Waals surface area contributed by atoms with Crippen LogP contribution < -0.4 is 10.1 Å². The molecule has 1 aliphatic heterocycles. The minimum atomic E-state index is -3.86. The molecular weight excluding hydrogens is 516 g/mol. The maximum absolute atomic E-state index is 13.3. The Kier molecular flexibility index (Phi) is 8.25. The highest BCUT2D eigenvalue weighted by Crippen LogP contribution is 2.33.